The maximum Gasteiger partial charge on any atom is 0.207 e. The molecular weight excluding hydrogens is 388 g/mol. The molecular formula is C25H46N4O2. The first-order valence-corrected chi connectivity index (χ1v) is 11.7. The summed E-state index contributed by atoms with van der Waals surface area (Å²) in [5, 5.41) is 3.95. The second-order valence-corrected chi connectivity index (χ2v) is 7.32. The van der Waals surface area contributed by atoms with Gasteiger partial charge in [0.05, 0.1) is 7.11 Å². The van der Waals surface area contributed by atoms with Crippen molar-refractivity contribution in [2.24, 2.45) is 7.05 Å². The molecule has 1 saturated heterocycles. The largest absolute Gasteiger partial charge is 0.497 e. The molecule has 1 amide bonds. The van der Waals surface area contributed by atoms with Gasteiger partial charge in [-0.3, -0.25) is 4.79 Å². The number of hydrogen-bond donors (Lipinski definition) is 1. The van der Waals surface area contributed by atoms with Crippen LogP contribution in [-0.4, -0.2) is 74.7 Å². The van der Waals surface area contributed by atoms with Gasteiger partial charge in [0.25, 0.3) is 0 Å². The summed E-state index contributed by atoms with van der Waals surface area (Å²) in [5.41, 5.74) is 2.65. The second kappa shape index (κ2) is 17.6. The van der Waals surface area contributed by atoms with Crippen molar-refractivity contribution < 1.29 is 9.53 Å². The minimum atomic E-state index is 0.760. The normalized spacial score (nSPS) is 12.8. The van der Waals surface area contributed by atoms with E-state index in [9.17, 15) is 4.79 Å². The summed E-state index contributed by atoms with van der Waals surface area (Å²) in [4.78, 5) is 14.4. The Balaban J connectivity index is 0.000000549. The van der Waals surface area contributed by atoms with E-state index in [0.29, 0.717) is 0 Å². The van der Waals surface area contributed by atoms with E-state index in [1.54, 1.807) is 7.11 Å². The summed E-state index contributed by atoms with van der Waals surface area (Å²) in [6.45, 7) is 13.3. The molecule has 0 saturated carbocycles. The van der Waals surface area contributed by atoms with E-state index in [2.05, 4.69) is 59.2 Å². The van der Waals surface area contributed by atoms with Crippen LogP contribution in [0.5, 0.6) is 5.75 Å². The van der Waals surface area contributed by atoms with Crippen LogP contribution in [0.2, 0.25) is 0 Å². The Morgan fingerprint density at radius 1 is 1.13 bits per heavy atom. The Labute approximate surface area is 190 Å². The van der Waals surface area contributed by atoms with Crippen molar-refractivity contribution in [1.29, 1.82) is 0 Å². The Morgan fingerprint density at radius 3 is 2.32 bits per heavy atom. The molecule has 178 valence electrons. The van der Waals surface area contributed by atoms with Gasteiger partial charge in [-0.15, -0.1) is 0 Å². The summed E-state index contributed by atoms with van der Waals surface area (Å²) in [6.07, 6.45) is 6.68. The number of carbonyl (C=O) groups is 1. The number of aromatic nitrogens is 1. The molecule has 6 heteroatoms. The highest BCUT2D eigenvalue weighted by atomic mass is 16.5. The van der Waals surface area contributed by atoms with Crippen LogP contribution in [0.15, 0.2) is 24.4 Å². The van der Waals surface area contributed by atoms with Crippen LogP contribution in [0.1, 0.15) is 46.1 Å². The number of methoxy groups -OCH3 is 1. The highest BCUT2D eigenvalue weighted by Gasteiger charge is 2.09. The number of nitrogens with one attached hydrogen (secondary N) is 1. The van der Waals surface area contributed by atoms with Gasteiger partial charge in [-0.05, 0) is 70.2 Å². The lowest BCUT2D eigenvalue weighted by atomic mass is 10.1. The topological polar surface area (TPSA) is 49.7 Å². The van der Waals surface area contributed by atoms with E-state index >= 15 is 0 Å². The molecule has 0 unspecified atom stereocenters. The zero-order chi connectivity index (χ0) is 23.6. The van der Waals surface area contributed by atoms with E-state index in [-0.39, 0.29) is 0 Å². The average Bonchev–Trinajstić information content (AvgIpc) is 3.43. The first-order valence-electron chi connectivity index (χ1n) is 11.7. The monoisotopic (exact) mass is 434 g/mol. The molecule has 3 rings (SSSR count). The fourth-order valence-corrected chi connectivity index (χ4v) is 3.41. The van der Waals surface area contributed by atoms with Crippen LogP contribution in [0, 0.1) is 0 Å². The van der Waals surface area contributed by atoms with Gasteiger partial charge in [-0.25, -0.2) is 0 Å². The van der Waals surface area contributed by atoms with Gasteiger partial charge in [0.1, 0.15) is 5.75 Å². The molecule has 1 N–H and O–H groups in total. The van der Waals surface area contributed by atoms with Crippen LogP contribution < -0.4 is 10.1 Å². The molecule has 0 spiro atoms. The highest BCUT2D eigenvalue weighted by molar-refractivity contribution is 5.85. The van der Waals surface area contributed by atoms with Gasteiger partial charge >= 0.3 is 0 Å². The number of nitrogens with zero attached hydrogens (tertiary/aromatic N) is 3. The highest BCUT2D eigenvalue weighted by Crippen LogP contribution is 2.25. The smallest absolute Gasteiger partial charge is 0.207 e. The number of likely N-dealkylation sites (N-methyl/N-ethyl adjacent to an activating group) is 1. The fraction of sp³-hybridized carbons (Fsp3) is 0.640. The number of amides is 1. The van der Waals surface area contributed by atoms with Gasteiger partial charge in [-0.1, -0.05) is 27.7 Å². The number of aryl methyl sites for hydroxylation is 1. The van der Waals surface area contributed by atoms with Crippen LogP contribution in [-0.2, 0) is 18.3 Å². The standard InChI is InChI=1S/C14H20N2O.C7H14N2O.2C2H6/c1-15(2)8-7-11-10-16(3)14-6-5-12(17-4)9-13(11)14;10-7-8-3-6-9-4-1-2-5-9;2*1-2/h5-6,9-10H,7-8H2,1-4H3;7H,1-6H2,(H,8,10);2*1-2H3. The summed E-state index contributed by atoms with van der Waals surface area (Å²) < 4.78 is 7.47. The van der Waals surface area contributed by atoms with Gasteiger partial charge in [-0.2, -0.15) is 0 Å². The van der Waals surface area contributed by atoms with Crippen molar-refractivity contribution in [2.75, 3.05) is 53.9 Å². The van der Waals surface area contributed by atoms with Crippen LogP contribution in [0.4, 0.5) is 0 Å². The maximum atomic E-state index is 9.85. The average molecular weight is 435 g/mol. The van der Waals surface area contributed by atoms with E-state index in [0.717, 1.165) is 38.2 Å². The van der Waals surface area contributed by atoms with Crippen molar-refractivity contribution in [3.63, 3.8) is 0 Å². The predicted octanol–water partition coefficient (Wildman–Crippen LogP) is 4.17. The molecule has 0 atom stereocenters. The quantitative estimate of drug-likeness (QED) is 0.500. The fourth-order valence-electron chi connectivity index (χ4n) is 3.41. The molecule has 0 aliphatic carbocycles. The summed E-state index contributed by atoms with van der Waals surface area (Å²) in [7, 11) is 8.01. The third-order valence-corrected chi connectivity index (χ3v) is 4.96. The Morgan fingerprint density at radius 2 is 1.77 bits per heavy atom. The SMILES string of the molecule is CC.CC.COc1ccc2c(c1)c(CCN(C)C)cn2C.O=CNCCN1CCCC1. The van der Waals surface area contributed by atoms with Crippen molar-refractivity contribution >= 4 is 17.3 Å². The molecule has 1 aromatic carbocycles. The molecule has 2 heterocycles. The van der Waals surface area contributed by atoms with E-state index < -0.39 is 0 Å². The van der Waals surface area contributed by atoms with E-state index in [1.807, 2.05) is 33.8 Å². The molecule has 2 aromatic rings. The lowest BCUT2D eigenvalue weighted by Gasteiger charge is -2.12. The van der Waals surface area contributed by atoms with Gasteiger partial charge in [0.15, 0.2) is 0 Å². The Hall–Kier alpha value is -2.05. The molecule has 6 nitrogen and oxygen atoms in total. The minimum Gasteiger partial charge on any atom is -0.497 e. The van der Waals surface area contributed by atoms with Crippen LogP contribution in [0.3, 0.4) is 0 Å². The molecule has 1 aromatic heterocycles. The van der Waals surface area contributed by atoms with Crippen LogP contribution in [0.25, 0.3) is 10.9 Å². The zero-order valence-corrected chi connectivity index (χ0v) is 21.2. The number of fused-ring (bicyclic) bond motifs is 1. The zero-order valence-electron chi connectivity index (χ0n) is 21.2. The van der Waals surface area contributed by atoms with Gasteiger partial charge < -0.3 is 24.4 Å². The minimum absolute atomic E-state index is 0.760. The number of rotatable bonds is 8. The molecule has 0 bridgehead atoms. The number of carbonyl (C=O) groups excluding carboxylic acids is 1. The third-order valence-electron chi connectivity index (χ3n) is 4.96. The second-order valence-electron chi connectivity index (χ2n) is 7.32. The van der Waals surface area contributed by atoms with Crippen LogP contribution >= 0.6 is 0 Å². The van der Waals surface area contributed by atoms with Gasteiger partial charge in [0.2, 0.25) is 6.41 Å². The molecule has 1 fully saturated rings. The van der Waals surface area contributed by atoms with Crippen molar-refractivity contribution in [3.8, 4) is 5.75 Å². The van der Waals surface area contributed by atoms with Gasteiger partial charge in [0, 0.05) is 43.8 Å². The first-order chi connectivity index (χ1) is 15.0. The Kier molecular flexibility index (Phi) is 16.4. The van der Waals surface area contributed by atoms with E-state index in [1.165, 1.54) is 42.4 Å². The molecule has 1 aliphatic heterocycles. The third kappa shape index (κ3) is 10.7. The summed E-state index contributed by atoms with van der Waals surface area (Å²) in [6, 6.07) is 6.26. The first kappa shape index (κ1) is 28.9. The molecule has 31 heavy (non-hydrogen) atoms. The van der Waals surface area contributed by atoms with Crippen molar-refractivity contribution in [2.45, 2.75) is 47.0 Å². The number of hydrogen-bond acceptors (Lipinski definition) is 4. The van der Waals surface area contributed by atoms with E-state index in [4.69, 9.17) is 4.74 Å². The maximum absolute atomic E-state index is 9.85. The van der Waals surface area contributed by atoms with Crippen molar-refractivity contribution in [3.05, 3.63) is 30.0 Å². The number of likely N-dealkylation sites (tertiary alicyclic amines) is 1. The number of ether oxygens (including phenoxy) is 1. The summed E-state index contributed by atoms with van der Waals surface area (Å²) in [5.74, 6) is 0.926. The Bertz CT molecular complexity index is 707. The van der Waals surface area contributed by atoms with Crippen molar-refractivity contribution in [1.82, 2.24) is 19.7 Å². The molecule has 0 radical (unpaired) electrons. The predicted molar refractivity (Wildman–Crippen MR) is 134 cm³/mol. The lowest BCUT2D eigenvalue weighted by molar-refractivity contribution is -0.109. The lowest BCUT2D eigenvalue weighted by Crippen LogP contribution is -2.29. The summed E-state index contributed by atoms with van der Waals surface area (Å²) >= 11 is 0. The molecule has 1 aliphatic rings. The number of benzene rings is 1.